The molecular formula is C55H75ClN6O18S. The topological polar surface area (TPSA) is 279 Å². The molecule has 26 heteroatoms. The minimum absolute atomic E-state index is 0.0121. The molecule has 0 spiro atoms. The van der Waals surface area contributed by atoms with E-state index in [-0.39, 0.29) is 60.9 Å². The van der Waals surface area contributed by atoms with E-state index in [1.54, 1.807) is 64.4 Å². The number of allylic oxidation sites excluding steroid dienone is 3. The van der Waals surface area contributed by atoms with Crippen LogP contribution in [0, 0.1) is 5.92 Å². The molecule has 0 saturated carbocycles. The highest BCUT2D eigenvalue weighted by atomic mass is 35.5. The quantitative estimate of drug-likeness (QED) is 0.0703. The molecule has 1 aromatic rings. The SMILES string of the molecule is COc1cc2cc(c1Cl)N(C)C(=O)C[C@H](OC(=O)[C@H](C)N(C)C(=O)CCSC(=O)N(C)CCN(C)C(=O)OC1C=CCC(OCC(=O)ON3C(=O)CCC3=O)CCC1)[C@]1(C)O[C@H]1[C@H](C)[C@@H]1C[C@@](O)(NC(=O)O1)[C@H](OC)/C=C/C=C(\C)C2. The molecule has 6 rings (SSSR count). The third-order valence-corrected chi connectivity index (χ3v) is 16.5. The maximum Gasteiger partial charge on any atom is 0.410 e. The summed E-state index contributed by atoms with van der Waals surface area (Å²) < 4.78 is 40.8. The summed E-state index contributed by atoms with van der Waals surface area (Å²) >= 11 is 7.71. The number of anilines is 1. The van der Waals surface area contributed by atoms with Crippen molar-refractivity contribution >= 4 is 82.0 Å². The number of nitrogens with zero attached hydrogens (tertiary/aromatic N) is 5. The first-order valence-electron chi connectivity index (χ1n) is 26.8. The van der Waals surface area contributed by atoms with Crippen LogP contribution in [-0.2, 0) is 68.4 Å². The lowest BCUT2D eigenvalue weighted by Crippen LogP contribution is -2.63. The van der Waals surface area contributed by atoms with Gasteiger partial charge in [0, 0.05) is 85.7 Å². The van der Waals surface area contributed by atoms with Gasteiger partial charge in [-0.1, -0.05) is 60.2 Å². The average Bonchev–Trinajstić information content (AvgIpc) is 4.03. The Morgan fingerprint density at radius 1 is 0.988 bits per heavy atom. The zero-order valence-electron chi connectivity index (χ0n) is 47.5. The van der Waals surface area contributed by atoms with Crippen molar-refractivity contribution in [2.24, 2.45) is 5.92 Å². The number of aliphatic hydroxyl groups is 1. The van der Waals surface area contributed by atoms with Crippen LogP contribution in [0.1, 0.15) is 91.0 Å². The molecule has 3 saturated heterocycles. The number of ether oxygens (including phenoxy) is 7. The summed E-state index contributed by atoms with van der Waals surface area (Å²) in [6, 6.07) is 2.35. The van der Waals surface area contributed by atoms with Crippen molar-refractivity contribution in [1.29, 1.82) is 0 Å². The Hall–Kier alpha value is -6.25. The standard InChI is InChI=1S/C55H75ClN6O18S/c1-32-14-11-19-41(74-10)55(72)30-40(77-51(69)57-55)33(2)49-54(4,79-49)42(29-46(66)61(8)38-27-35(26-32)28-39(73-9)48(38)56)78-50(68)34(3)60(7)43(63)22-25-81-53(71)59(6)24-23-58(5)52(70)76-37-17-12-15-36(16-13-18-37)75-31-47(67)80-62-44(64)20-21-45(62)65/h11-12,14,17,19,27-28,33-34,36-37,40-42,49,72H,13,15-16,18,20-26,29-31H2,1-10H3,(H,57,69)/b17-12?,19-11+,32-14+/t33-,34+,36?,37?,40+,41-,42+,49+,54+,55+/m1/s1. The average molecular weight is 1180 g/mol. The Labute approximate surface area is 480 Å². The molecule has 1 aliphatic carbocycles. The number of fused-ring (bicyclic) bond motifs is 5. The van der Waals surface area contributed by atoms with Crippen LogP contribution in [0.25, 0.3) is 0 Å². The molecule has 3 fully saturated rings. The van der Waals surface area contributed by atoms with Gasteiger partial charge in [-0.15, -0.1) is 5.06 Å². The van der Waals surface area contributed by atoms with Gasteiger partial charge in [0.05, 0.1) is 31.4 Å². The first kappa shape index (κ1) is 63.9. The number of thioether (sulfide) groups is 1. The molecule has 24 nitrogen and oxygen atoms in total. The fraction of sp³-hybridized carbons (Fsp3) is 0.618. The molecule has 7 amide bonds. The number of amides is 7. The van der Waals surface area contributed by atoms with Crippen LogP contribution < -0.4 is 15.0 Å². The second kappa shape index (κ2) is 28.2. The summed E-state index contributed by atoms with van der Waals surface area (Å²) in [5.74, 6) is -4.06. The van der Waals surface area contributed by atoms with E-state index in [1.165, 1.54) is 54.8 Å². The maximum atomic E-state index is 14.4. The van der Waals surface area contributed by atoms with Crippen molar-refractivity contribution < 1.29 is 86.3 Å². The minimum Gasteiger partial charge on any atom is -0.495 e. The van der Waals surface area contributed by atoms with Crippen LogP contribution in [0.3, 0.4) is 0 Å². The van der Waals surface area contributed by atoms with E-state index in [0.717, 1.165) is 22.9 Å². The van der Waals surface area contributed by atoms with Crippen LogP contribution in [0.4, 0.5) is 20.1 Å². The lowest BCUT2D eigenvalue weighted by atomic mass is 9.83. The number of rotatable bonds is 16. The zero-order chi connectivity index (χ0) is 59.5. The molecular weight excluding hydrogens is 1100 g/mol. The number of methoxy groups -OCH3 is 2. The van der Waals surface area contributed by atoms with Gasteiger partial charge in [-0.3, -0.25) is 29.3 Å². The van der Waals surface area contributed by atoms with Crippen molar-refractivity contribution in [3.63, 3.8) is 0 Å². The number of hydrogen-bond donors (Lipinski definition) is 2. The first-order valence-corrected chi connectivity index (χ1v) is 28.1. The number of carbonyl (C=O) groups excluding carboxylic acids is 9. The van der Waals surface area contributed by atoms with Crippen LogP contribution in [0.15, 0.2) is 48.1 Å². The fourth-order valence-electron chi connectivity index (χ4n) is 9.80. The number of epoxide rings is 1. The van der Waals surface area contributed by atoms with E-state index in [0.29, 0.717) is 48.6 Å². The number of esters is 1. The summed E-state index contributed by atoms with van der Waals surface area (Å²) in [5, 5.41) is 14.6. The monoisotopic (exact) mass is 1170 g/mol. The van der Waals surface area contributed by atoms with E-state index in [4.69, 9.17) is 49.6 Å². The summed E-state index contributed by atoms with van der Waals surface area (Å²) in [6.07, 6.45) is 4.23. The molecule has 10 atom stereocenters. The third kappa shape index (κ3) is 16.5. The van der Waals surface area contributed by atoms with Gasteiger partial charge < -0.3 is 62.7 Å². The third-order valence-electron chi connectivity index (χ3n) is 15.1. The maximum absolute atomic E-state index is 14.4. The van der Waals surface area contributed by atoms with E-state index >= 15 is 0 Å². The lowest BCUT2D eigenvalue weighted by Gasteiger charge is -2.42. The molecule has 81 heavy (non-hydrogen) atoms. The largest absolute Gasteiger partial charge is 0.495 e. The van der Waals surface area contributed by atoms with Crippen molar-refractivity contribution in [3.05, 3.63) is 58.7 Å². The predicted octanol–water partition coefficient (Wildman–Crippen LogP) is 5.25. The molecule has 0 radical (unpaired) electrons. The van der Waals surface area contributed by atoms with E-state index < -0.39 is 115 Å². The van der Waals surface area contributed by atoms with Gasteiger partial charge >= 0.3 is 24.1 Å². The second-order valence-corrected chi connectivity index (χ2v) is 22.5. The molecule has 4 bridgehead atoms. The van der Waals surface area contributed by atoms with Gasteiger partial charge in [-0.05, 0) is 76.6 Å². The van der Waals surface area contributed by atoms with Crippen molar-refractivity contribution in [2.45, 2.75) is 146 Å². The van der Waals surface area contributed by atoms with Gasteiger partial charge in [0.15, 0.2) is 5.72 Å². The summed E-state index contributed by atoms with van der Waals surface area (Å²) in [5.41, 5.74) is -1.24. The predicted molar refractivity (Wildman–Crippen MR) is 293 cm³/mol. The summed E-state index contributed by atoms with van der Waals surface area (Å²) in [4.78, 5) is 127. The Morgan fingerprint density at radius 3 is 2.38 bits per heavy atom. The first-order chi connectivity index (χ1) is 38.3. The number of carbonyl (C=O) groups is 9. The van der Waals surface area contributed by atoms with Gasteiger partial charge in [0.25, 0.3) is 17.1 Å². The van der Waals surface area contributed by atoms with E-state index in [2.05, 4.69) is 5.32 Å². The molecule has 4 aliphatic heterocycles. The Balaban J connectivity index is 1.01. The number of alkyl carbamates (subject to hydrolysis) is 1. The highest BCUT2D eigenvalue weighted by molar-refractivity contribution is 8.13. The van der Waals surface area contributed by atoms with E-state index in [9.17, 15) is 48.3 Å². The number of nitrogens with one attached hydrogen (secondary N) is 1. The molecule has 1 aromatic carbocycles. The van der Waals surface area contributed by atoms with E-state index in [1.807, 2.05) is 13.0 Å². The minimum atomic E-state index is -1.89. The summed E-state index contributed by atoms with van der Waals surface area (Å²) in [6.45, 7) is 6.65. The number of imide groups is 1. The molecule has 5 aliphatic rings. The van der Waals surface area contributed by atoms with Gasteiger partial charge in [-0.25, -0.2) is 19.2 Å². The normalized spacial score (nSPS) is 28.3. The number of likely N-dealkylation sites (N-methyl/N-ethyl adjacent to an activating group) is 3. The smallest absolute Gasteiger partial charge is 0.410 e. The Morgan fingerprint density at radius 2 is 1.69 bits per heavy atom. The number of halogens is 1. The number of benzene rings is 1. The molecule has 2 unspecified atom stereocenters. The number of hydrogen-bond acceptors (Lipinski definition) is 19. The van der Waals surface area contributed by atoms with Gasteiger partial charge in [-0.2, -0.15) is 0 Å². The van der Waals surface area contributed by atoms with Crippen LogP contribution in [0.2, 0.25) is 5.02 Å². The fourth-order valence-corrected chi connectivity index (χ4v) is 10.9. The molecule has 0 aromatic heterocycles. The highest BCUT2D eigenvalue weighted by Gasteiger charge is 2.64. The molecule has 2 N–H and O–H groups in total. The van der Waals surface area contributed by atoms with Gasteiger partial charge in [0.1, 0.15) is 53.4 Å². The highest BCUT2D eigenvalue weighted by Crippen LogP contribution is 2.49. The van der Waals surface area contributed by atoms with Crippen LogP contribution >= 0.6 is 23.4 Å². The van der Waals surface area contributed by atoms with Crippen molar-refractivity contribution in [1.82, 2.24) is 25.1 Å². The summed E-state index contributed by atoms with van der Waals surface area (Å²) in [7, 11) is 8.93. The van der Waals surface area contributed by atoms with Crippen molar-refractivity contribution in [3.8, 4) is 5.75 Å². The molecule has 4 heterocycles. The van der Waals surface area contributed by atoms with Gasteiger partial charge in [0.2, 0.25) is 11.8 Å². The Bertz CT molecular complexity index is 2620. The number of hydroxylamine groups is 2. The van der Waals surface area contributed by atoms with Crippen molar-refractivity contribution in [2.75, 3.05) is 72.8 Å². The zero-order valence-corrected chi connectivity index (χ0v) is 49.0. The van der Waals surface area contributed by atoms with Crippen LogP contribution in [-0.4, -0.2) is 200 Å². The molecule has 446 valence electrons. The second-order valence-electron chi connectivity index (χ2n) is 21.1. The van der Waals surface area contributed by atoms with Crippen LogP contribution in [0.5, 0.6) is 5.75 Å². The Kier molecular flexibility index (Phi) is 22.2. The lowest BCUT2D eigenvalue weighted by molar-refractivity contribution is -0.201.